The second-order valence-electron chi connectivity index (χ2n) is 7.52. The van der Waals surface area contributed by atoms with Gasteiger partial charge in [-0.1, -0.05) is 48.0 Å². The van der Waals surface area contributed by atoms with Crippen LogP contribution < -0.4 is 15.4 Å². The number of methoxy groups -OCH3 is 1. The molecule has 2 amide bonds. The Morgan fingerprint density at radius 2 is 1.88 bits per heavy atom. The Balaban J connectivity index is 1.45. The molecule has 0 aliphatic rings. The number of aromatic amines is 1. The number of halogens is 1. The molecule has 1 heterocycles. The van der Waals surface area contributed by atoms with E-state index in [0.29, 0.717) is 30.2 Å². The number of para-hydroxylation sites is 2. The van der Waals surface area contributed by atoms with E-state index in [9.17, 15) is 4.79 Å². The summed E-state index contributed by atoms with van der Waals surface area (Å²) in [6, 6.07) is 22.7. The molecule has 0 fully saturated rings. The first kappa shape index (κ1) is 21.7. The summed E-state index contributed by atoms with van der Waals surface area (Å²) in [7, 11) is 1.64. The van der Waals surface area contributed by atoms with E-state index in [-0.39, 0.29) is 12.1 Å². The lowest BCUT2D eigenvalue weighted by Crippen LogP contribution is -2.40. The molecule has 0 saturated carbocycles. The van der Waals surface area contributed by atoms with Gasteiger partial charge < -0.3 is 20.4 Å². The molecule has 3 N–H and O–H groups in total. The van der Waals surface area contributed by atoms with Crippen LogP contribution in [0, 0.1) is 0 Å². The summed E-state index contributed by atoms with van der Waals surface area (Å²) < 4.78 is 5.24. The average Bonchev–Trinajstić information content (AvgIpc) is 3.23. The average molecular weight is 449 g/mol. The van der Waals surface area contributed by atoms with Crippen molar-refractivity contribution in [1.82, 2.24) is 20.6 Å². The van der Waals surface area contributed by atoms with Crippen LogP contribution in [0.5, 0.6) is 5.75 Å². The van der Waals surface area contributed by atoms with Gasteiger partial charge in [-0.05, 0) is 60.4 Å². The van der Waals surface area contributed by atoms with Crippen LogP contribution in [0.2, 0.25) is 5.02 Å². The van der Waals surface area contributed by atoms with E-state index < -0.39 is 0 Å². The first-order valence-electron chi connectivity index (χ1n) is 10.5. The summed E-state index contributed by atoms with van der Waals surface area (Å²) >= 11 is 6.03. The molecule has 0 spiro atoms. The number of aromatic nitrogens is 2. The largest absolute Gasteiger partial charge is 0.497 e. The molecular weight excluding hydrogens is 424 g/mol. The fourth-order valence-corrected chi connectivity index (χ4v) is 3.79. The number of carbonyl (C=O) groups excluding carboxylic acids is 1. The molecule has 0 bridgehead atoms. The third kappa shape index (κ3) is 5.59. The normalized spacial score (nSPS) is 11.8. The molecule has 1 aromatic heterocycles. The predicted octanol–water partition coefficient (Wildman–Crippen LogP) is 5.05. The van der Waals surface area contributed by atoms with Gasteiger partial charge in [-0.2, -0.15) is 0 Å². The van der Waals surface area contributed by atoms with Crippen molar-refractivity contribution < 1.29 is 9.53 Å². The molecule has 1 atom stereocenters. The third-order valence-electron chi connectivity index (χ3n) is 5.23. The zero-order valence-electron chi connectivity index (χ0n) is 17.8. The van der Waals surface area contributed by atoms with E-state index in [1.807, 2.05) is 72.8 Å². The van der Waals surface area contributed by atoms with Crippen LogP contribution in [0.3, 0.4) is 0 Å². The summed E-state index contributed by atoms with van der Waals surface area (Å²) in [5, 5.41) is 6.69. The quantitative estimate of drug-likeness (QED) is 0.353. The van der Waals surface area contributed by atoms with Gasteiger partial charge in [0.2, 0.25) is 0 Å². The van der Waals surface area contributed by atoms with Crippen LogP contribution in [0.25, 0.3) is 11.0 Å². The van der Waals surface area contributed by atoms with Gasteiger partial charge in [-0.25, -0.2) is 9.78 Å². The van der Waals surface area contributed by atoms with Crippen LogP contribution >= 0.6 is 11.6 Å². The van der Waals surface area contributed by atoms with E-state index in [4.69, 9.17) is 21.3 Å². The number of hydrogen-bond donors (Lipinski definition) is 3. The van der Waals surface area contributed by atoms with E-state index >= 15 is 0 Å². The van der Waals surface area contributed by atoms with Crippen LogP contribution in [-0.2, 0) is 12.8 Å². The van der Waals surface area contributed by atoms with Gasteiger partial charge in [-0.3, -0.25) is 0 Å². The highest BCUT2D eigenvalue weighted by Gasteiger charge is 2.19. The highest BCUT2D eigenvalue weighted by atomic mass is 35.5. The summed E-state index contributed by atoms with van der Waals surface area (Å²) in [5.41, 5.74) is 3.94. The smallest absolute Gasteiger partial charge is 0.315 e. The lowest BCUT2D eigenvalue weighted by Gasteiger charge is -2.18. The molecule has 0 aliphatic heterocycles. The Labute approximate surface area is 192 Å². The molecule has 164 valence electrons. The third-order valence-corrected chi connectivity index (χ3v) is 5.47. The number of imidazole rings is 1. The Bertz CT molecular complexity index is 1160. The van der Waals surface area contributed by atoms with Gasteiger partial charge in [0.1, 0.15) is 11.6 Å². The minimum absolute atomic E-state index is 0.244. The van der Waals surface area contributed by atoms with Crippen molar-refractivity contribution in [3.63, 3.8) is 0 Å². The number of urea groups is 1. The number of ether oxygens (including phenoxy) is 1. The van der Waals surface area contributed by atoms with Crippen molar-refractivity contribution in [3.8, 4) is 5.75 Å². The van der Waals surface area contributed by atoms with Crippen LogP contribution in [0.15, 0.2) is 72.8 Å². The standard InChI is InChI=1S/C25H25ClN4O2/c1-32-20-11-9-18(10-12-20)16-23(24-28-21-7-2-3-8-22(21)29-24)30-25(31)27-14-13-17-5-4-6-19(26)15-17/h2-12,15,23H,13-14,16H2,1H3,(H,28,29)(H2,27,30,31)/t23-/m1/s1. The molecule has 0 aliphatic carbocycles. The highest BCUT2D eigenvalue weighted by molar-refractivity contribution is 6.30. The fraction of sp³-hybridized carbons (Fsp3) is 0.200. The number of hydrogen-bond acceptors (Lipinski definition) is 3. The Hall–Kier alpha value is -3.51. The van der Waals surface area contributed by atoms with Gasteiger partial charge in [0.15, 0.2) is 0 Å². The fourth-order valence-electron chi connectivity index (χ4n) is 3.57. The van der Waals surface area contributed by atoms with E-state index in [2.05, 4.69) is 15.6 Å². The number of carbonyl (C=O) groups is 1. The maximum Gasteiger partial charge on any atom is 0.315 e. The van der Waals surface area contributed by atoms with Crippen LogP contribution in [0.1, 0.15) is 23.0 Å². The van der Waals surface area contributed by atoms with Crippen molar-refractivity contribution in [2.45, 2.75) is 18.9 Å². The number of amides is 2. The molecule has 7 heteroatoms. The number of nitrogens with zero attached hydrogens (tertiary/aromatic N) is 1. The summed E-state index contributed by atoms with van der Waals surface area (Å²) in [5.74, 6) is 1.51. The molecule has 6 nitrogen and oxygen atoms in total. The van der Waals surface area contributed by atoms with Crippen molar-refractivity contribution in [2.75, 3.05) is 13.7 Å². The predicted molar refractivity (Wildman–Crippen MR) is 127 cm³/mol. The molecule has 0 unspecified atom stereocenters. The first-order valence-corrected chi connectivity index (χ1v) is 10.8. The molecule has 4 aromatic rings. The van der Waals surface area contributed by atoms with Crippen LogP contribution in [0.4, 0.5) is 4.79 Å². The number of nitrogens with one attached hydrogen (secondary N) is 3. The number of fused-ring (bicyclic) bond motifs is 1. The minimum Gasteiger partial charge on any atom is -0.497 e. The maximum atomic E-state index is 12.7. The number of rotatable bonds is 8. The van der Waals surface area contributed by atoms with Gasteiger partial charge in [0.05, 0.1) is 24.2 Å². The van der Waals surface area contributed by atoms with Crippen molar-refractivity contribution in [1.29, 1.82) is 0 Å². The lowest BCUT2D eigenvalue weighted by atomic mass is 10.1. The van der Waals surface area contributed by atoms with Crippen molar-refractivity contribution >= 4 is 28.7 Å². The maximum absolute atomic E-state index is 12.7. The van der Waals surface area contributed by atoms with Gasteiger partial charge in [-0.15, -0.1) is 0 Å². The van der Waals surface area contributed by atoms with Crippen molar-refractivity contribution in [3.05, 3.63) is 94.8 Å². The molecule has 4 rings (SSSR count). The molecule has 0 saturated heterocycles. The zero-order valence-corrected chi connectivity index (χ0v) is 18.5. The molecule has 0 radical (unpaired) electrons. The summed E-state index contributed by atoms with van der Waals surface area (Å²) in [4.78, 5) is 20.7. The van der Waals surface area contributed by atoms with Gasteiger partial charge in [0, 0.05) is 11.6 Å². The van der Waals surface area contributed by atoms with Gasteiger partial charge in [0.25, 0.3) is 0 Å². The number of H-pyrrole nitrogens is 1. The summed E-state index contributed by atoms with van der Waals surface area (Å²) in [6.45, 7) is 0.502. The second-order valence-corrected chi connectivity index (χ2v) is 7.96. The Morgan fingerprint density at radius 1 is 1.06 bits per heavy atom. The first-order chi connectivity index (χ1) is 15.6. The Morgan fingerprint density at radius 3 is 2.62 bits per heavy atom. The van der Waals surface area contributed by atoms with E-state index in [0.717, 1.165) is 27.9 Å². The highest BCUT2D eigenvalue weighted by Crippen LogP contribution is 2.21. The minimum atomic E-state index is -0.318. The molecule has 3 aromatic carbocycles. The second kappa shape index (κ2) is 10.2. The summed E-state index contributed by atoms with van der Waals surface area (Å²) in [6.07, 6.45) is 1.29. The topological polar surface area (TPSA) is 79.0 Å². The lowest BCUT2D eigenvalue weighted by molar-refractivity contribution is 0.236. The van der Waals surface area contributed by atoms with E-state index in [1.165, 1.54) is 0 Å². The SMILES string of the molecule is COc1ccc(C[C@@H](NC(=O)NCCc2cccc(Cl)c2)c2nc3ccccc3[nH]2)cc1. The monoisotopic (exact) mass is 448 g/mol. The number of benzene rings is 3. The van der Waals surface area contributed by atoms with Crippen molar-refractivity contribution in [2.24, 2.45) is 0 Å². The van der Waals surface area contributed by atoms with Crippen LogP contribution in [-0.4, -0.2) is 29.7 Å². The van der Waals surface area contributed by atoms with E-state index in [1.54, 1.807) is 7.11 Å². The molecule has 32 heavy (non-hydrogen) atoms. The zero-order chi connectivity index (χ0) is 22.3. The van der Waals surface area contributed by atoms with Gasteiger partial charge >= 0.3 is 6.03 Å². The molecular formula is C25H25ClN4O2. The Kier molecular flexibility index (Phi) is 6.92.